The smallest absolute Gasteiger partial charge is 0.294 e. The van der Waals surface area contributed by atoms with Crippen LogP contribution in [0.2, 0.25) is 0 Å². The van der Waals surface area contributed by atoms with Crippen LogP contribution in [0.4, 0.5) is 0 Å². The van der Waals surface area contributed by atoms with Crippen molar-refractivity contribution in [1.29, 1.82) is 0 Å². The Hall–Kier alpha value is -2.02. The number of fused-ring (bicyclic) bond motifs is 3. The highest BCUT2D eigenvalue weighted by Gasteiger charge is 2.58. The van der Waals surface area contributed by atoms with Crippen molar-refractivity contribution in [3.05, 3.63) is 39.7 Å². The van der Waals surface area contributed by atoms with Crippen LogP contribution in [0.25, 0.3) is 5.03 Å². The number of rotatable bonds is 1. The second-order valence-electron chi connectivity index (χ2n) is 4.17. The van der Waals surface area contributed by atoms with Gasteiger partial charge >= 0.3 is 0 Å². The molecule has 0 fully saturated rings. The zero-order valence-corrected chi connectivity index (χ0v) is 9.63. The van der Waals surface area contributed by atoms with Gasteiger partial charge < -0.3 is 0 Å². The van der Waals surface area contributed by atoms with Crippen molar-refractivity contribution in [3.8, 4) is 0 Å². The molecule has 0 amide bonds. The summed E-state index contributed by atoms with van der Waals surface area (Å²) in [6.07, 6.45) is 3.93. The minimum absolute atomic E-state index is 0.0139. The van der Waals surface area contributed by atoms with Crippen LogP contribution in [-0.2, 0) is 10.3 Å². The van der Waals surface area contributed by atoms with Crippen molar-refractivity contribution >= 4 is 22.4 Å². The second kappa shape index (κ2) is 3.49. The number of hydrogen-bond donors (Lipinski definition) is 0. The Morgan fingerprint density at radius 2 is 2.33 bits per heavy atom. The van der Waals surface area contributed by atoms with E-state index in [2.05, 4.69) is 14.9 Å². The molecule has 0 aliphatic heterocycles. The van der Waals surface area contributed by atoms with E-state index in [1.807, 2.05) is 0 Å². The van der Waals surface area contributed by atoms with Gasteiger partial charge in [-0.15, -0.1) is 0 Å². The Morgan fingerprint density at radius 3 is 3.06 bits per heavy atom. The standard InChI is InChI=1S/C10H6ClN3O4/c11-7-4-5-3-6(15)1-2-10(5,14(16)17)9-8(7)12-18-13-9/h1-2,4-5H,3H2/t5-,10+/m1/s1. The molecule has 0 spiro atoms. The van der Waals surface area contributed by atoms with E-state index in [9.17, 15) is 14.9 Å². The average molecular weight is 268 g/mol. The Labute approximate surface area is 105 Å². The van der Waals surface area contributed by atoms with Crippen molar-refractivity contribution in [3.63, 3.8) is 0 Å². The molecule has 1 heterocycles. The summed E-state index contributed by atoms with van der Waals surface area (Å²) in [7, 11) is 0. The Kier molecular flexibility index (Phi) is 2.15. The van der Waals surface area contributed by atoms with Gasteiger partial charge in [-0.2, -0.15) is 0 Å². The molecule has 0 bridgehead atoms. The molecule has 1 aromatic heterocycles. The van der Waals surface area contributed by atoms with Crippen LogP contribution in [0, 0.1) is 16.0 Å². The number of aromatic nitrogens is 2. The lowest BCUT2D eigenvalue weighted by atomic mass is 9.71. The summed E-state index contributed by atoms with van der Waals surface area (Å²) in [5.74, 6) is -0.852. The molecule has 0 N–H and O–H groups in total. The van der Waals surface area contributed by atoms with E-state index in [1.165, 1.54) is 18.2 Å². The summed E-state index contributed by atoms with van der Waals surface area (Å²) in [4.78, 5) is 22.4. The number of allylic oxidation sites excluding steroid dienone is 1. The molecule has 8 heteroatoms. The molecule has 0 aromatic carbocycles. The number of nitro groups is 1. The third-order valence-electron chi connectivity index (χ3n) is 3.25. The normalized spacial score (nSPS) is 29.5. The number of halogens is 1. The maximum absolute atomic E-state index is 11.4. The van der Waals surface area contributed by atoms with Crippen molar-refractivity contribution in [1.82, 2.24) is 10.3 Å². The van der Waals surface area contributed by atoms with Crippen molar-refractivity contribution in [2.24, 2.45) is 5.92 Å². The molecule has 0 unspecified atom stereocenters. The largest absolute Gasteiger partial charge is 0.295 e. The maximum atomic E-state index is 11.4. The first-order valence-corrected chi connectivity index (χ1v) is 5.51. The first-order chi connectivity index (χ1) is 8.55. The summed E-state index contributed by atoms with van der Waals surface area (Å²) in [5.41, 5.74) is -1.40. The van der Waals surface area contributed by atoms with E-state index in [4.69, 9.17) is 11.6 Å². The first kappa shape index (κ1) is 11.1. The van der Waals surface area contributed by atoms with Gasteiger partial charge in [0.25, 0.3) is 5.54 Å². The molecule has 3 rings (SSSR count). The fourth-order valence-corrected chi connectivity index (χ4v) is 2.65. The third kappa shape index (κ3) is 1.22. The third-order valence-corrected chi connectivity index (χ3v) is 3.56. The molecular formula is C10H6ClN3O4. The summed E-state index contributed by atoms with van der Waals surface area (Å²) in [6, 6.07) is 0. The van der Waals surface area contributed by atoms with E-state index < -0.39 is 16.4 Å². The summed E-state index contributed by atoms with van der Waals surface area (Å²) in [5, 5.41) is 18.8. The Balaban J connectivity index is 2.31. The predicted octanol–water partition coefficient (Wildman–Crippen LogP) is 1.28. The van der Waals surface area contributed by atoms with E-state index in [0.29, 0.717) is 0 Å². The van der Waals surface area contributed by atoms with Crippen LogP contribution in [0.1, 0.15) is 17.8 Å². The number of carbonyl (C=O) groups is 1. The van der Waals surface area contributed by atoms with E-state index >= 15 is 0 Å². The lowest BCUT2D eigenvalue weighted by molar-refractivity contribution is -0.574. The average Bonchev–Trinajstić information content (AvgIpc) is 2.78. The molecule has 7 nitrogen and oxygen atoms in total. The second-order valence-corrected chi connectivity index (χ2v) is 4.58. The molecular weight excluding hydrogens is 262 g/mol. The van der Waals surface area contributed by atoms with E-state index in [1.54, 1.807) is 0 Å². The number of carbonyl (C=O) groups excluding carboxylic acids is 1. The van der Waals surface area contributed by atoms with Gasteiger partial charge in [-0.3, -0.25) is 14.9 Å². The Bertz CT molecular complexity index is 620. The van der Waals surface area contributed by atoms with Gasteiger partial charge in [0, 0.05) is 17.4 Å². The monoisotopic (exact) mass is 267 g/mol. The van der Waals surface area contributed by atoms with Crippen LogP contribution >= 0.6 is 11.6 Å². The maximum Gasteiger partial charge on any atom is 0.294 e. The summed E-state index contributed by atoms with van der Waals surface area (Å²) >= 11 is 5.96. The quantitative estimate of drug-likeness (QED) is 0.561. The Morgan fingerprint density at radius 1 is 1.56 bits per heavy atom. The van der Waals surface area contributed by atoms with Gasteiger partial charge in [0.15, 0.2) is 17.2 Å². The highest BCUT2D eigenvalue weighted by Crippen LogP contribution is 2.47. The molecule has 1 aromatic rings. The molecule has 2 aliphatic rings. The van der Waals surface area contributed by atoms with Gasteiger partial charge in [-0.05, 0) is 16.4 Å². The van der Waals surface area contributed by atoms with Gasteiger partial charge in [-0.1, -0.05) is 17.7 Å². The SMILES string of the molecule is O=C1C=C[C@@]2([N+](=O)[O-])c3nonc3C(Cl)=C[C@H]2C1. The number of hydrogen-bond acceptors (Lipinski definition) is 6. The number of ketones is 1. The molecule has 0 saturated carbocycles. The molecule has 0 radical (unpaired) electrons. The van der Waals surface area contributed by atoms with Crippen molar-refractivity contribution in [2.45, 2.75) is 12.0 Å². The van der Waals surface area contributed by atoms with Gasteiger partial charge in [-0.25, -0.2) is 4.63 Å². The zero-order valence-electron chi connectivity index (χ0n) is 8.87. The molecule has 2 atom stereocenters. The molecule has 2 aliphatic carbocycles. The van der Waals surface area contributed by atoms with Gasteiger partial charge in [0.1, 0.15) is 0 Å². The van der Waals surface area contributed by atoms with Gasteiger partial charge in [0.05, 0.1) is 11.0 Å². The molecule has 92 valence electrons. The van der Waals surface area contributed by atoms with E-state index in [-0.39, 0.29) is 28.6 Å². The van der Waals surface area contributed by atoms with Crippen molar-refractivity contribution in [2.75, 3.05) is 0 Å². The highest BCUT2D eigenvalue weighted by molar-refractivity contribution is 6.48. The van der Waals surface area contributed by atoms with Crippen LogP contribution in [0.15, 0.2) is 22.9 Å². The van der Waals surface area contributed by atoms with Gasteiger partial charge in [0.2, 0.25) is 0 Å². The van der Waals surface area contributed by atoms with Crippen LogP contribution in [-0.4, -0.2) is 21.0 Å². The topological polar surface area (TPSA) is 99.1 Å². The minimum atomic E-state index is -1.61. The predicted molar refractivity (Wildman–Crippen MR) is 59.1 cm³/mol. The lowest BCUT2D eigenvalue weighted by Crippen LogP contribution is -2.45. The lowest BCUT2D eigenvalue weighted by Gasteiger charge is -2.31. The minimum Gasteiger partial charge on any atom is -0.295 e. The fraction of sp³-hybridized carbons (Fsp3) is 0.300. The zero-order chi connectivity index (χ0) is 12.9. The number of nitrogens with zero attached hydrogens (tertiary/aromatic N) is 3. The molecule has 18 heavy (non-hydrogen) atoms. The molecule has 0 saturated heterocycles. The summed E-state index contributed by atoms with van der Waals surface area (Å²) in [6.45, 7) is 0. The van der Waals surface area contributed by atoms with E-state index in [0.717, 1.165) is 0 Å². The first-order valence-electron chi connectivity index (χ1n) is 5.13. The van der Waals surface area contributed by atoms with Crippen LogP contribution < -0.4 is 0 Å². The van der Waals surface area contributed by atoms with Crippen LogP contribution in [0.5, 0.6) is 0 Å². The highest BCUT2D eigenvalue weighted by atomic mass is 35.5. The fourth-order valence-electron chi connectivity index (χ4n) is 2.37. The van der Waals surface area contributed by atoms with Crippen molar-refractivity contribution < 1.29 is 14.3 Å². The van der Waals surface area contributed by atoms with Crippen LogP contribution in [0.3, 0.4) is 0 Å². The summed E-state index contributed by atoms with van der Waals surface area (Å²) < 4.78 is 4.54.